The number of hydrogen-bond donors (Lipinski definition) is 0. The summed E-state index contributed by atoms with van der Waals surface area (Å²) in [5, 5.41) is 8.13. The molecule has 1 heterocycles. The normalized spacial score (nSPS) is 10.6. The van der Waals surface area contributed by atoms with Crippen LogP contribution in [0.3, 0.4) is 0 Å². The first kappa shape index (κ1) is 12.1. The highest BCUT2D eigenvalue weighted by Gasteiger charge is 2.14. The Balaban J connectivity index is 2.50. The van der Waals surface area contributed by atoms with Crippen molar-refractivity contribution >= 4 is 28.4 Å². The van der Waals surface area contributed by atoms with Gasteiger partial charge in [0.05, 0.1) is 11.4 Å². The van der Waals surface area contributed by atoms with Gasteiger partial charge in [-0.2, -0.15) is 9.90 Å². The second kappa shape index (κ2) is 4.47. The molecule has 6 heteroatoms. The van der Waals surface area contributed by atoms with Crippen molar-refractivity contribution < 1.29 is 4.79 Å². The lowest BCUT2D eigenvalue weighted by molar-refractivity contribution is 0.107. The van der Waals surface area contributed by atoms with Gasteiger partial charge in [0.25, 0.3) is 5.24 Å². The molecule has 0 saturated heterocycles. The van der Waals surface area contributed by atoms with E-state index in [4.69, 9.17) is 23.2 Å². The molecule has 0 atom stereocenters. The number of nitrogens with zero attached hydrogens (tertiary/aromatic N) is 3. The Morgan fingerprint density at radius 1 is 1.29 bits per heavy atom. The molecule has 0 bridgehead atoms. The Morgan fingerprint density at radius 2 is 2.00 bits per heavy atom. The van der Waals surface area contributed by atoms with Crippen LogP contribution in [0.15, 0.2) is 18.2 Å². The lowest BCUT2D eigenvalue weighted by Gasteiger charge is -2.02. The second-order valence-electron chi connectivity index (χ2n) is 3.63. The molecule has 0 saturated carbocycles. The van der Waals surface area contributed by atoms with Crippen LogP contribution in [0.1, 0.15) is 21.7 Å². The summed E-state index contributed by atoms with van der Waals surface area (Å²) in [5.74, 6) is 0. The number of carbonyl (C=O) groups excluding carboxylic acids is 1. The minimum atomic E-state index is -0.619. The zero-order valence-electron chi connectivity index (χ0n) is 9.24. The zero-order valence-corrected chi connectivity index (χ0v) is 10.7. The van der Waals surface area contributed by atoms with Crippen LogP contribution < -0.4 is 0 Å². The van der Waals surface area contributed by atoms with Gasteiger partial charge in [-0.25, -0.2) is 0 Å². The van der Waals surface area contributed by atoms with Crippen molar-refractivity contribution in [2.24, 2.45) is 0 Å². The maximum Gasteiger partial charge on any atom is 0.274 e. The van der Waals surface area contributed by atoms with Gasteiger partial charge in [0.15, 0.2) is 5.69 Å². The van der Waals surface area contributed by atoms with E-state index in [9.17, 15) is 4.79 Å². The van der Waals surface area contributed by atoms with Crippen LogP contribution in [0, 0.1) is 13.8 Å². The first-order chi connectivity index (χ1) is 7.99. The number of halogens is 2. The molecule has 1 aromatic heterocycles. The molecule has 0 amide bonds. The van der Waals surface area contributed by atoms with Crippen molar-refractivity contribution in [3.05, 3.63) is 40.2 Å². The first-order valence-electron chi connectivity index (χ1n) is 4.89. The van der Waals surface area contributed by atoms with E-state index in [1.807, 2.05) is 19.1 Å². The summed E-state index contributed by atoms with van der Waals surface area (Å²) < 4.78 is 0. The number of aryl methyl sites for hydroxylation is 2. The second-order valence-corrected chi connectivity index (χ2v) is 4.38. The highest BCUT2D eigenvalue weighted by atomic mass is 35.5. The van der Waals surface area contributed by atoms with Crippen LogP contribution >= 0.6 is 23.2 Å². The van der Waals surface area contributed by atoms with Gasteiger partial charge in [-0.15, -0.1) is 5.10 Å². The van der Waals surface area contributed by atoms with Gasteiger partial charge < -0.3 is 0 Å². The SMILES string of the molecule is Cc1ccc(-n2nc(C)c(C(=O)Cl)n2)cc1Cl. The van der Waals surface area contributed by atoms with Crippen LogP contribution in [0.4, 0.5) is 0 Å². The molecular weight excluding hydrogens is 261 g/mol. The van der Waals surface area contributed by atoms with E-state index in [2.05, 4.69) is 10.2 Å². The largest absolute Gasteiger partial charge is 0.274 e. The maximum absolute atomic E-state index is 11.1. The molecule has 0 spiro atoms. The van der Waals surface area contributed by atoms with Crippen LogP contribution in [-0.4, -0.2) is 20.2 Å². The van der Waals surface area contributed by atoms with Crippen molar-refractivity contribution in [3.63, 3.8) is 0 Å². The van der Waals surface area contributed by atoms with Gasteiger partial charge in [-0.05, 0) is 43.1 Å². The number of aromatic nitrogens is 3. The molecule has 4 nitrogen and oxygen atoms in total. The molecule has 2 aromatic rings. The standard InChI is InChI=1S/C11H9Cl2N3O/c1-6-3-4-8(5-9(6)12)16-14-7(2)10(15-16)11(13)17/h3-5H,1-2H3. The molecule has 17 heavy (non-hydrogen) atoms. The summed E-state index contributed by atoms with van der Waals surface area (Å²) in [5.41, 5.74) is 2.30. The van der Waals surface area contributed by atoms with Crippen molar-refractivity contribution in [2.45, 2.75) is 13.8 Å². The van der Waals surface area contributed by atoms with E-state index in [0.29, 0.717) is 16.4 Å². The van der Waals surface area contributed by atoms with Crippen LogP contribution in [0.5, 0.6) is 0 Å². The maximum atomic E-state index is 11.1. The Bertz CT molecular complexity index is 592. The Morgan fingerprint density at radius 3 is 2.53 bits per heavy atom. The van der Waals surface area contributed by atoms with Gasteiger partial charge in [0, 0.05) is 5.02 Å². The number of benzene rings is 1. The molecule has 88 valence electrons. The molecule has 0 aliphatic carbocycles. The molecule has 0 aliphatic rings. The number of hydrogen-bond acceptors (Lipinski definition) is 3. The average Bonchev–Trinajstić information content (AvgIpc) is 2.64. The third-order valence-electron chi connectivity index (χ3n) is 2.35. The summed E-state index contributed by atoms with van der Waals surface area (Å²) in [4.78, 5) is 12.4. The fraction of sp³-hybridized carbons (Fsp3) is 0.182. The lowest BCUT2D eigenvalue weighted by Crippen LogP contribution is -2.00. The van der Waals surface area contributed by atoms with E-state index < -0.39 is 5.24 Å². The van der Waals surface area contributed by atoms with Gasteiger partial charge in [0.2, 0.25) is 0 Å². The molecule has 0 fully saturated rings. The fourth-order valence-electron chi connectivity index (χ4n) is 1.38. The summed E-state index contributed by atoms with van der Waals surface area (Å²) >= 11 is 11.4. The first-order valence-corrected chi connectivity index (χ1v) is 5.65. The third-order valence-corrected chi connectivity index (χ3v) is 2.94. The van der Waals surface area contributed by atoms with Gasteiger partial charge in [0.1, 0.15) is 0 Å². The van der Waals surface area contributed by atoms with E-state index in [1.165, 1.54) is 4.80 Å². The average molecular weight is 270 g/mol. The predicted octanol–water partition coefficient (Wildman–Crippen LogP) is 2.92. The highest BCUT2D eigenvalue weighted by molar-refractivity contribution is 6.67. The Labute approximate surface area is 108 Å². The number of carbonyl (C=O) groups is 1. The van der Waals surface area contributed by atoms with Crippen LogP contribution in [0.2, 0.25) is 5.02 Å². The zero-order chi connectivity index (χ0) is 12.6. The van der Waals surface area contributed by atoms with Crippen molar-refractivity contribution in [3.8, 4) is 5.69 Å². The minimum Gasteiger partial charge on any atom is -0.274 e. The molecular formula is C11H9Cl2N3O. The van der Waals surface area contributed by atoms with Gasteiger partial charge in [-0.1, -0.05) is 17.7 Å². The summed E-state index contributed by atoms with van der Waals surface area (Å²) in [7, 11) is 0. The minimum absolute atomic E-state index is 0.156. The molecule has 1 aromatic carbocycles. The molecule has 0 unspecified atom stereocenters. The molecule has 0 aliphatic heterocycles. The fourth-order valence-corrected chi connectivity index (χ4v) is 1.73. The Hall–Kier alpha value is -1.39. The Kier molecular flexibility index (Phi) is 3.17. The monoisotopic (exact) mass is 269 g/mol. The van der Waals surface area contributed by atoms with E-state index in [1.54, 1.807) is 13.0 Å². The van der Waals surface area contributed by atoms with Gasteiger partial charge >= 0.3 is 0 Å². The van der Waals surface area contributed by atoms with E-state index in [-0.39, 0.29) is 5.69 Å². The van der Waals surface area contributed by atoms with E-state index in [0.717, 1.165) is 5.56 Å². The van der Waals surface area contributed by atoms with E-state index >= 15 is 0 Å². The highest BCUT2D eigenvalue weighted by Crippen LogP contribution is 2.19. The summed E-state index contributed by atoms with van der Waals surface area (Å²) in [6.07, 6.45) is 0. The molecule has 0 radical (unpaired) electrons. The molecule has 0 N–H and O–H groups in total. The summed E-state index contributed by atoms with van der Waals surface area (Å²) in [6, 6.07) is 5.42. The quantitative estimate of drug-likeness (QED) is 0.788. The van der Waals surface area contributed by atoms with Crippen LogP contribution in [-0.2, 0) is 0 Å². The van der Waals surface area contributed by atoms with Crippen molar-refractivity contribution in [1.82, 2.24) is 15.0 Å². The predicted molar refractivity (Wildman–Crippen MR) is 66.0 cm³/mol. The molecule has 2 rings (SSSR count). The van der Waals surface area contributed by atoms with Gasteiger partial charge in [-0.3, -0.25) is 4.79 Å². The van der Waals surface area contributed by atoms with Crippen LogP contribution in [0.25, 0.3) is 5.69 Å². The van der Waals surface area contributed by atoms with Crippen molar-refractivity contribution in [1.29, 1.82) is 0 Å². The summed E-state index contributed by atoms with van der Waals surface area (Å²) in [6.45, 7) is 3.58. The topological polar surface area (TPSA) is 47.8 Å². The third kappa shape index (κ3) is 2.33. The number of rotatable bonds is 2. The smallest absolute Gasteiger partial charge is 0.274 e. The van der Waals surface area contributed by atoms with Crippen molar-refractivity contribution in [2.75, 3.05) is 0 Å². The lowest BCUT2D eigenvalue weighted by atomic mass is 10.2.